The zero-order valence-electron chi connectivity index (χ0n) is 11.8. The highest BCUT2D eigenvalue weighted by Crippen LogP contribution is 2.26. The number of likely N-dealkylation sites (tertiary alicyclic amines) is 1. The van der Waals surface area contributed by atoms with Crippen molar-refractivity contribution in [3.05, 3.63) is 34.3 Å². The number of piperidine rings is 1. The Labute approximate surface area is 124 Å². The first kappa shape index (κ1) is 15.0. The monoisotopic (exact) mass is 325 g/mol. The molecule has 3 nitrogen and oxygen atoms in total. The van der Waals surface area contributed by atoms with Crippen LogP contribution in [-0.2, 0) is 0 Å². The SMILES string of the molecule is CN(C)C1CCCN(C(CN)c2cccc(Br)c2)C1. The molecule has 2 N–H and O–H groups in total. The van der Waals surface area contributed by atoms with Gasteiger partial charge in [-0.05, 0) is 51.2 Å². The first-order valence-electron chi connectivity index (χ1n) is 6.98. The van der Waals surface area contributed by atoms with Gasteiger partial charge >= 0.3 is 0 Å². The molecule has 0 aromatic heterocycles. The van der Waals surface area contributed by atoms with Gasteiger partial charge in [-0.3, -0.25) is 4.90 Å². The average Bonchev–Trinajstić information content (AvgIpc) is 2.40. The molecule has 2 atom stereocenters. The summed E-state index contributed by atoms with van der Waals surface area (Å²) in [6.45, 7) is 2.94. The molecule has 1 aromatic carbocycles. The van der Waals surface area contributed by atoms with Crippen LogP contribution in [0, 0.1) is 0 Å². The van der Waals surface area contributed by atoms with E-state index in [-0.39, 0.29) is 0 Å². The molecule has 0 aliphatic carbocycles. The molecule has 1 aliphatic heterocycles. The third kappa shape index (κ3) is 3.78. The van der Waals surface area contributed by atoms with Crippen molar-refractivity contribution in [1.82, 2.24) is 9.80 Å². The summed E-state index contributed by atoms with van der Waals surface area (Å²) in [5.74, 6) is 0. The van der Waals surface area contributed by atoms with E-state index in [2.05, 4.69) is 64.1 Å². The van der Waals surface area contributed by atoms with Crippen LogP contribution >= 0.6 is 15.9 Å². The largest absolute Gasteiger partial charge is 0.329 e. The minimum absolute atomic E-state index is 0.334. The van der Waals surface area contributed by atoms with Crippen LogP contribution in [0.1, 0.15) is 24.4 Å². The van der Waals surface area contributed by atoms with Crippen LogP contribution in [0.15, 0.2) is 28.7 Å². The van der Waals surface area contributed by atoms with Gasteiger partial charge in [-0.1, -0.05) is 28.1 Å². The van der Waals surface area contributed by atoms with E-state index in [1.54, 1.807) is 0 Å². The second kappa shape index (κ2) is 6.84. The number of rotatable bonds is 4. The van der Waals surface area contributed by atoms with E-state index in [1.807, 2.05) is 0 Å². The Balaban J connectivity index is 2.13. The van der Waals surface area contributed by atoms with Crippen molar-refractivity contribution >= 4 is 15.9 Å². The molecule has 1 aliphatic rings. The highest BCUT2D eigenvalue weighted by atomic mass is 79.9. The lowest BCUT2D eigenvalue weighted by molar-refractivity contribution is 0.0984. The molecule has 0 spiro atoms. The lowest BCUT2D eigenvalue weighted by Crippen LogP contribution is -2.47. The van der Waals surface area contributed by atoms with Gasteiger partial charge in [-0.25, -0.2) is 0 Å². The fraction of sp³-hybridized carbons (Fsp3) is 0.600. The average molecular weight is 326 g/mol. The molecule has 1 heterocycles. The van der Waals surface area contributed by atoms with E-state index >= 15 is 0 Å². The van der Waals surface area contributed by atoms with Gasteiger partial charge in [0.05, 0.1) is 0 Å². The summed E-state index contributed by atoms with van der Waals surface area (Å²) < 4.78 is 1.13. The maximum atomic E-state index is 6.04. The van der Waals surface area contributed by atoms with Crippen molar-refractivity contribution in [1.29, 1.82) is 0 Å². The van der Waals surface area contributed by atoms with E-state index in [0.29, 0.717) is 18.6 Å². The standard InChI is InChI=1S/C15H24BrN3/c1-18(2)14-7-4-8-19(11-14)15(10-17)12-5-3-6-13(16)9-12/h3,5-6,9,14-15H,4,7-8,10-11,17H2,1-2H3. The Morgan fingerprint density at radius 1 is 1.47 bits per heavy atom. The van der Waals surface area contributed by atoms with Crippen LogP contribution in [0.3, 0.4) is 0 Å². The van der Waals surface area contributed by atoms with Crippen LogP contribution in [-0.4, -0.2) is 49.6 Å². The van der Waals surface area contributed by atoms with Gasteiger partial charge in [-0.2, -0.15) is 0 Å². The predicted octanol–water partition coefficient (Wildman–Crippen LogP) is 2.47. The summed E-state index contributed by atoms with van der Waals surface area (Å²) in [5, 5.41) is 0. The molecule has 19 heavy (non-hydrogen) atoms. The van der Waals surface area contributed by atoms with Gasteiger partial charge in [0.15, 0.2) is 0 Å². The number of benzene rings is 1. The smallest absolute Gasteiger partial charge is 0.0471 e. The lowest BCUT2D eigenvalue weighted by atomic mass is 9.99. The molecule has 0 saturated carbocycles. The minimum atomic E-state index is 0.334. The highest BCUT2D eigenvalue weighted by Gasteiger charge is 2.27. The topological polar surface area (TPSA) is 32.5 Å². The number of nitrogens with two attached hydrogens (primary N) is 1. The van der Waals surface area contributed by atoms with E-state index < -0.39 is 0 Å². The molecule has 0 radical (unpaired) electrons. The molecule has 0 bridgehead atoms. The molecule has 4 heteroatoms. The maximum Gasteiger partial charge on any atom is 0.0471 e. The molecular formula is C15H24BrN3. The third-order valence-electron chi connectivity index (χ3n) is 4.06. The summed E-state index contributed by atoms with van der Waals surface area (Å²) >= 11 is 3.55. The summed E-state index contributed by atoms with van der Waals surface area (Å²) in [6.07, 6.45) is 2.55. The molecule has 1 aromatic rings. The first-order chi connectivity index (χ1) is 9.11. The summed E-state index contributed by atoms with van der Waals surface area (Å²) in [5.41, 5.74) is 7.35. The zero-order valence-corrected chi connectivity index (χ0v) is 13.4. The van der Waals surface area contributed by atoms with E-state index in [0.717, 1.165) is 17.6 Å². The molecule has 0 amide bonds. The molecule has 1 fully saturated rings. The van der Waals surface area contributed by atoms with Crippen molar-refractivity contribution in [3.63, 3.8) is 0 Å². The molecule has 2 rings (SSSR count). The van der Waals surface area contributed by atoms with Gasteiger partial charge in [0.2, 0.25) is 0 Å². The van der Waals surface area contributed by atoms with Crippen molar-refractivity contribution < 1.29 is 0 Å². The van der Waals surface area contributed by atoms with Crippen molar-refractivity contribution in [2.45, 2.75) is 24.9 Å². The quantitative estimate of drug-likeness (QED) is 0.923. The Hall–Kier alpha value is -0.420. The van der Waals surface area contributed by atoms with Gasteiger partial charge in [0.25, 0.3) is 0 Å². The molecule has 2 unspecified atom stereocenters. The number of halogens is 1. The summed E-state index contributed by atoms with van der Waals surface area (Å²) in [4.78, 5) is 4.87. The normalized spacial score (nSPS) is 22.7. The molecule has 106 valence electrons. The van der Waals surface area contributed by atoms with Crippen LogP contribution < -0.4 is 5.73 Å². The third-order valence-corrected chi connectivity index (χ3v) is 4.55. The lowest BCUT2D eigenvalue weighted by Gasteiger charge is -2.40. The zero-order chi connectivity index (χ0) is 13.8. The van der Waals surface area contributed by atoms with E-state index in [9.17, 15) is 0 Å². The Kier molecular flexibility index (Phi) is 5.39. The fourth-order valence-corrected chi connectivity index (χ4v) is 3.31. The van der Waals surface area contributed by atoms with E-state index in [4.69, 9.17) is 5.73 Å². The fourth-order valence-electron chi connectivity index (χ4n) is 2.90. The maximum absolute atomic E-state index is 6.04. The van der Waals surface area contributed by atoms with Crippen LogP contribution in [0.2, 0.25) is 0 Å². The predicted molar refractivity (Wildman–Crippen MR) is 84.2 cm³/mol. The van der Waals surface area contributed by atoms with Crippen molar-refractivity contribution in [3.8, 4) is 0 Å². The van der Waals surface area contributed by atoms with Gasteiger partial charge in [-0.15, -0.1) is 0 Å². The van der Waals surface area contributed by atoms with Crippen molar-refractivity contribution in [2.75, 3.05) is 33.7 Å². The summed E-state index contributed by atoms with van der Waals surface area (Å²) in [6, 6.07) is 9.51. The first-order valence-corrected chi connectivity index (χ1v) is 7.77. The number of likely N-dealkylation sites (N-methyl/N-ethyl adjacent to an activating group) is 1. The van der Waals surface area contributed by atoms with Crippen LogP contribution in [0.4, 0.5) is 0 Å². The van der Waals surface area contributed by atoms with Gasteiger partial charge in [0.1, 0.15) is 0 Å². The van der Waals surface area contributed by atoms with Crippen LogP contribution in [0.25, 0.3) is 0 Å². The number of hydrogen-bond donors (Lipinski definition) is 1. The second-order valence-electron chi connectivity index (χ2n) is 5.56. The second-order valence-corrected chi connectivity index (χ2v) is 6.48. The number of hydrogen-bond acceptors (Lipinski definition) is 3. The summed E-state index contributed by atoms with van der Waals surface area (Å²) in [7, 11) is 4.34. The van der Waals surface area contributed by atoms with Gasteiger partial charge in [0, 0.05) is 29.6 Å². The highest BCUT2D eigenvalue weighted by molar-refractivity contribution is 9.10. The Morgan fingerprint density at radius 2 is 2.26 bits per heavy atom. The van der Waals surface area contributed by atoms with E-state index in [1.165, 1.54) is 18.4 Å². The Morgan fingerprint density at radius 3 is 2.89 bits per heavy atom. The molecule has 1 saturated heterocycles. The number of nitrogens with zero attached hydrogens (tertiary/aromatic N) is 2. The Bertz CT molecular complexity index is 408. The van der Waals surface area contributed by atoms with Crippen LogP contribution in [0.5, 0.6) is 0 Å². The van der Waals surface area contributed by atoms with Crippen molar-refractivity contribution in [2.24, 2.45) is 5.73 Å². The molecular weight excluding hydrogens is 302 g/mol. The van der Waals surface area contributed by atoms with Gasteiger partial charge < -0.3 is 10.6 Å². The minimum Gasteiger partial charge on any atom is -0.329 e.